The summed E-state index contributed by atoms with van der Waals surface area (Å²) in [7, 11) is 1.70. The molecule has 0 unspecified atom stereocenters. The van der Waals surface area contributed by atoms with Crippen molar-refractivity contribution < 1.29 is 9.21 Å². The molecule has 2 rings (SSSR count). The van der Waals surface area contributed by atoms with E-state index >= 15 is 0 Å². The van der Waals surface area contributed by atoms with Crippen molar-refractivity contribution in [2.45, 2.75) is 13.3 Å². The van der Waals surface area contributed by atoms with Crippen LogP contribution < -0.4 is 11.1 Å². The van der Waals surface area contributed by atoms with Gasteiger partial charge in [-0.1, -0.05) is 6.92 Å². The van der Waals surface area contributed by atoms with Gasteiger partial charge in [0.1, 0.15) is 5.76 Å². The second kappa shape index (κ2) is 4.32. The van der Waals surface area contributed by atoms with Crippen LogP contribution in [0.25, 0.3) is 0 Å². The number of rotatable bonds is 3. The molecule has 1 amide bonds. The minimum atomic E-state index is -0.333. The molecule has 2 heterocycles. The monoisotopic (exact) mass is 234 g/mol. The Hall–Kier alpha value is -2.24. The summed E-state index contributed by atoms with van der Waals surface area (Å²) in [5.74, 6) is 1.17. The smallest absolute Gasteiger partial charge is 0.292 e. The van der Waals surface area contributed by atoms with Crippen LogP contribution in [0.1, 0.15) is 23.2 Å². The van der Waals surface area contributed by atoms with E-state index in [-0.39, 0.29) is 11.7 Å². The number of furan rings is 1. The summed E-state index contributed by atoms with van der Waals surface area (Å²) in [6, 6.07) is 3.42. The van der Waals surface area contributed by atoms with E-state index < -0.39 is 0 Å². The van der Waals surface area contributed by atoms with Gasteiger partial charge in [0.15, 0.2) is 11.6 Å². The van der Waals surface area contributed by atoms with E-state index in [9.17, 15) is 4.79 Å². The second-order valence-electron chi connectivity index (χ2n) is 3.65. The summed E-state index contributed by atoms with van der Waals surface area (Å²) < 4.78 is 6.84. The van der Waals surface area contributed by atoms with Crippen molar-refractivity contribution in [2.24, 2.45) is 7.05 Å². The van der Waals surface area contributed by atoms with Crippen molar-refractivity contribution in [3.8, 4) is 0 Å². The molecule has 0 spiro atoms. The number of amides is 1. The van der Waals surface area contributed by atoms with Gasteiger partial charge in [0.05, 0.1) is 11.9 Å². The highest BCUT2D eigenvalue weighted by Crippen LogP contribution is 2.17. The van der Waals surface area contributed by atoms with Gasteiger partial charge in [-0.2, -0.15) is 5.10 Å². The molecule has 0 saturated carbocycles. The number of nitrogens with one attached hydrogen (secondary N) is 1. The van der Waals surface area contributed by atoms with Crippen LogP contribution in [0.4, 0.5) is 11.5 Å². The first-order valence-corrected chi connectivity index (χ1v) is 5.29. The van der Waals surface area contributed by atoms with Gasteiger partial charge in [0.25, 0.3) is 5.91 Å². The van der Waals surface area contributed by atoms with Gasteiger partial charge in [-0.05, 0) is 12.1 Å². The maximum absolute atomic E-state index is 11.8. The molecule has 0 bridgehead atoms. The van der Waals surface area contributed by atoms with Crippen LogP contribution in [0, 0.1) is 0 Å². The number of hydrogen-bond acceptors (Lipinski definition) is 4. The lowest BCUT2D eigenvalue weighted by atomic mass is 10.3. The second-order valence-corrected chi connectivity index (χ2v) is 3.65. The summed E-state index contributed by atoms with van der Waals surface area (Å²) in [6.07, 6.45) is 2.23. The number of nitrogens with two attached hydrogens (primary N) is 1. The fourth-order valence-corrected chi connectivity index (χ4v) is 1.47. The topological polar surface area (TPSA) is 86.1 Å². The summed E-state index contributed by atoms with van der Waals surface area (Å²) in [6.45, 7) is 1.96. The van der Waals surface area contributed by atoms with E-state index in [2.05, 4.69) is 10.4 Å². The van der Waals surface area contributed by atoms with Crippen LogP contribution in [0.2, 0.25) is 0 Å². The van der Waals surface area contributed by atoms with Crippen molar-refractivity contribution in [3.05, 3.63) is 29.9 Å². The number of hydrogen-bond donors (Lipinski definition) is 2. The molecule has 3 N–H and O–H groups in total. The first-order valence-electron chi connectivity index (χ1n) is 5.29. The van der Waals surface area contributed by atoms with Crippen molar-refractivity contribution in [1.82, 2.24) is 9.78 Å². The molecule has 2 aromatic heterocycles. The van der Waals surface area contributed by atoms with Crippen LogP contribution in [0.3, 0.4) is 0 Å². The molecule has 17 heavy (non-hydrogen) atoms. The zero-order valence-electron chi connectivity index (χ0n) is 9.73. The SMILES string of the molecule is CCc1ccc(C(=O)Nc2c(N)cnn2C)o1. The highest BCUT2D eigenvalue weighted by molar-refractivity contribution is 6.03. The Morgan fingerprint density at radius 1 is 1.59 bits per heavy atom. The molecule has 6 heteroatoms. The highest BCUT2D eigenvalue weighted by Gasteiger charge is 2.14. The number of anilines is 2. The number of nitrogen functional groups attached to an aromatic ring is 1. The van der Waals surface area contributed by atoms with E-state index in [0.29, 0.717) is 11.5 Å². The molecule has 0 aliphatic carbocycles. The van der Waals surface area contributed by atoms with Crippen LogP contribution in [0.5, 0.6) is 0 Å². The van der Waals surface area contributed by atoms with E-state index in [0.717, 1.165) is 12.2 Å². The van der Waals surface area contributed by atoms with E-state index in [1.165, 1.54) is 10.9 Å². The summed E-state index contributed by atoms with van der Waals surface area (Å²) in [5.41, 5.74) is 6.09. The number of aromatic nitrogens is 2. The largest absolute Gasteiger partial charge is 0.456 e. The van der Waals surface area contributed by atoms with Gasteiger partial charge in [0, 0.05) is 13.5 Å². The lowest BCUT2D eigenvalue weighted by Crippen LogP contribution is -2.14. The van der Waals surface area contributed by atoms with Crippen molar-refractivity contribution in [3.63, 3.8) is 0 Å². The van der Waals surface area contributed by atoms with E-state index in [1.807, 2.05) is 6.92 Å². The summed E-state index contributed by atoms with van der Waals surface area (Å²) in [4.78, 5) is 11.8. The minimum Gasteiger partial charge on any atom is -0.456 e. The third-order valence-corrected chi connectivity index (χ3v) is 2.43. The van der Waals surface area contributed by atoms with Crippen LogP contribution in [-0.4, -0.2) is 15.7 Å². The molecule has 0 aliphatic heterocycles. The maximum atomic E-state index is 11.8. The normalized spacial score (nSPS) is 10.5. The van der Waals surface area contributed by atoms with Crippen molar-refractivity contribution in [2.75, 3.05) is 11.1 Å². The lowest BCUT2D eigenvalue weighted by molar-refractivity contribution is 0.0994. The van der Waals surface area contributed by atoms with Gasteiger partial charge in [-0.15, -0.1) is 0 Å². The zero-order chi connectivity index (χ0) is 12.4. The molecule has 6 nitrogen and oxygen atoms in total. The minimum absolute atomic E-state index is 0.266. The van der Waals surface area contributed by atoms with E-state index in [1.54, 1.807) is 19.2 Å². The number of nitrogens with zero attached hydrogens (tertiary/aromatic N) is 2. The van der Waals surface area contributed by atoms with E-state index in [4.69, 9.17) is 10.2 Å². The van der Waals surface area contributed by atoms with Crippen LogP contribution in [-0.2, 0) is 13.5 Å². The third-order valence-electron chi connectivity index (χ3n) is 2.43. The Balaban J connectivity index is 2.17. The quantitative estimate of drug-likeness (QED) is 0.840. The highest BCUT2D eigenvalue weighted by atomic mass is 16.3. The fourth-order valence-electron chi connectivity index (χ4n) is 1.47. The molecular formula is C11H14N4O2. The summed E-state index contributed by atoms with van der Waals surface area (Å²) in [5, 5.41) is 6.59. The third kappa shape index (κ3) is 2.15. The molecule has 0 aliphatic rings. The number of carbonyl (C=O) groups is 1. The number of aryl methyl sites for hydroxylation is 2. The Bertz CT molecular complexity index is 522. The van der Waals surface area contributed by atoms with Crippen molar-refractivity contribution >= 4 is 17.4 Å². The first-order chi connectivity index (χ1) is 8.11. The molecule has 0 radical (unpaired) electrons. The first kappa shape index (κ1) is 11.3. The molecule has 0 fully saturated rings. The molecule has 0 saturated heterocycles. The average Bonchev–Trinajstić information content (AvgIpc) is 2.90. The number of carbonyl (C=O) groups excluding carboxylic acids is 1. The standard InChI is InChI=1S/C11H14N4O2/c1-3-7-4-5-9(17-7)11(16)14-10-8(12)6-13-15(10)2/h4-6H,3,12H2,1-2H3,(H,14,16). The fraction of sp³-hybridized carbons (Fsp3) is 0.273. The molecular weight excluding hydrogens is 220 g/mol. The predicted octanol–water partition coefficient (Wildman–Crippen LogP) is 1.41. The van der Waals surface area contributed by atoms with Crippen molar-refractivity contribution in [1.29, 1.82) is 0 Å². The Morgan fingerprint density at radius 2 is 2.35 bits per heavy atom. The molecule has 0 atom stereocenters. The maximum Gasteiger partial charge on any atom is 0.292 e. The van der Waals surface area contributed by atoms with Gasteiger partial charge < -0.3 is 15.5 Å². The van der Waals surface area contributed by atoms with Crippen LogP contribution >= 0.6 is 0 Å². The molecule has 2 aromatic rings. The lowest BCUT2D eigenvalue weighted by Gasteiger charge is -2.04. The van der Waals surface area contributed by atoms with Gasteiger partial charge in [0.2, 0.25) is 0 Å². The Kier molecular flexibility index (Phi) is 2.86. The predicted molar refractivity (Wildman–Crippen MR) is 63.7 cm³/mol. The summed E-state index contributed by atoms with van der Waals surface area (Å²) >= 11 is 0. The van der Waals surface area contributed by atoms with Gasteiger partial charge in [-0.3, -0.25) is 9.48 Å². The van der Waals surface area contributed by atoms with Gasteiger partial charge >= 0.3 is 0 Å². The molecule has 90 valence electrons. The van der Waals surface area contributed by atoms with Crippen LogP contribution in [0.15, 0.2) is 22.7 Å². The van der Waals surface area contributed by atoms with Gasteiger partial charge in [-0.25, -0.2) is 0 Å². The Morgan fingerprint density at radius 3 is 2.88 bits per heavy atom. The zero-order valence-corrected chi connectivity index (χ0v) is 9.73. The molecule has 0 aromatic carbocycles. The Labute approximate surface area is 98.4 Å². The average molecular weight is 234 g/mol.